The Bertz CT molecular complexity index is 601. The van der Waals surface area contributed by atoms with E-state index in [2.05, 4.69) is 5.10 Å². The summed E-state index contributed by atoms with van der Waals surface area (Å²) >= 11 is 0. The third-order valence-electron chi connectivity index (χ3n) is 2.62. The average Bonchev–Trinajstić information content (AvgIpc) is 2.67. The van der Waals surface area contributed by atoms with Gasteiger partial charge < -0.3 is 15.2 Å². The molecule has 0 atom stereocenters. The van der Waals surface area contributed by atoms with E-state index in [4.69, 9.17) is 15.2 Å². The van der Waals surface area contributed by atoms with E-state index in [0.717, 1.165) is 0 Å². The number of para-hydroxylation sites is 2. The standard InChI is InChI=1S/C12H15N3O3/c1-17-7-8-11(13)12(16)15(14-8)9-5-3-4-6-10(9)18-2/h3-6,14H,7,13H2,1-2H3. The van der Waals surface area contributed by atoms with Crippen LogP contribution in [0.1, 0.15) is 5.69 Å². The molecular weight excluding hydrogens is 234 g/mol. The fraction of sp³-hybridized carbons (Fsp3) is 0.250. The molecule has 0 amide bonds. The predicted molar refractivity (Wildman–Crippen MR) is 68.1 cm³/mol. The largest absolute Gasteiger partial charge is 0.494 e. The summed E-state index contributed by atoms with van der Waals surface area (Å²) in [6.45, 7) is 0.253. The summed E-state index contributed by atoms with van der Waals surface area (Å²) in [5, 5.41) is 2.92. The summed E-state index contributed by atoms with van der Waals surface area (Å²) < 4.78 is 11.5. The number of methoxy groups -OCH3 is 2. The zero-order valence-corrected chi connectivity index (χ0v) is 10.3. The average molecular weight is 249 g/mol. The minimum Gasteiger partial charge on any atom is -0.494 e. The van der Waals surface area contributed by atoms with Gasteiger partial charge in [-0.1, -0.05) is 12.1 Å². The summed E-state index contributed by atoms with van der Waals surface area (Å²) in [4.78, 5) is 12.0. The summed E-state index contributed by atoms with van der Waals surface area (Å²) in [5.41, 5.74) is 6.73. The molecule has 0 radical (unpaired) electrons. The highest BCUT2D eigenvalue weighted by Gasteiger charge is 2.14. The van der Waals surface area contributed by atoms with Gasteiger partial charge >= 0.3 is 0 Å². The first-order chi connectivity index (χ1) is 8.69. The number of benzene rings is 1. The van der Waals surface area contributed by atoms with Gasteiger partial charge in [-0.3, -0.25) is 9.89 Å². The highest BCUT2D eigenvalue weighted by molar-refractivity contribution is 5.50. The fourth-order valence-corrected chi connectivity index (χ4v) is 1.73. The highest BCUT2D eigenvalue weighted by atomic mass is 16.5. The molecule has 3 N–H and O–H groups in total. The van der Waals surface area contributed by atoms with E-state index in [1.165, 1.54) is 11.8 Å². The lowest BCUT2D eigenvalue weighted by molar-refractivity contribution is 0.181. The highest BCUT2D eigenvalue weighted by Crippen LogP contribution is 2.21. The van der Waals surface area contributed by atoms with E-state index in [1.54, 1.807) is 19.2 Å². The Hall–Kier alpha value is -2.21. The zero-order chi connectivity index (χ0) is 13.1. The molecule has 1 aromatic heterocycles. The van der Waals surface area contributed by atoms with E-state index in [-0.39, 0.29) is 17.9 Å². The molecule has 2 aromatic rings. The topological polar surface area (TPSA) is 82.3 Å². The lowest BCUT2D eigenvalue weighted by Crippen LogP contribution is -2.17. The van der Waals surface area contributed by atoms with Crippen LogP contribution in [0.15, 0.2) is 29.1 Å². The molecule has 1 aromatic carbocycles. The van der Waals surface area contributed by atoms with Crippen LogP contribution in [0.5, 0.6) is 5.75 Å². The Morgan fingerprint density at radius 1 is 1.33 bits per heavy atom. The van der Waals surface area contributed by atoms with E-state index in [1.807, 2.05) is 12.1 Å². The Morgan fingerprint density at radius 2 is 2.06 bits per heavy atom. The van der Waals surface area contributed by atoms with Crippen molar-refractivity contribution in [3.05, 3.63) is 40.3 Å². The number of anilines is 1. The van der Waals surface area contributed by atoms with Gasteiger partial charge in [0.2, 0.25) is 0 Å². The third kappa shape index (κ3) is 1.98. The predicted octanol–water partition coefficient (Wildman–Crippen LogP) is 0.903. The van der Waals surface area contributed by atoms with Crippen molar-refractivity contribution in [3.63, 3.8) is 0 Å². The molecule has 0 bridgehead atoms. The van der Waals surface area contributed by atoms with Crippen LogP contribution >= 0.6 is 0 Å². The maximum Gasteiger partial charge on any atom is 0.294 e. The van der Waals surface area contributed by atoms with Crippen molar-refractivity contribution < 1.29 is 9.47 Å². The van der Waals surface area contributed by atoms with Crippen LogP contribution in [0.2, 0.25) is 0 Å². The van der Waals surface area contributed by atoms with Crippen molar-refractivity contribution in [3.8, 4) is 11.4 Å². The van der Waals surface area contributed by atoms with Gasteiger partial charge in [0, 0.05) is 7.11 Å². The van der Waals surface area contributed by atoms with E-state index < -0.39 is 0 Å². The summed E-state index contributed by atoms with van der Waals surface area (Å²) in [7, 11) is 3.09. The van der Waals surface area contributed by atoms with Gasteiger partial charge in [0.1, 0.15) is 17.1 Å². The molecule has 0 unspecified atom stereocenters. The van der Waals surface area contributed by atoms with Gasteiger partial charge in [-0.15, -0.1) is 0 Å². The number of nitrogens with zero attached hydrogens (tertiary/aromatic N) is 1. The van der Waals surface area contributed by atoms with Gasteiger partial charge in [-0.25, -0.2) is 4.68 Å². The second kappa shape index (κ2) is 4.97. The molecule has 2 rings (SSSR count). The van der Waals surface area contributed by atoms with Crippen LogP contribution in [0.4, 0.5) is 5.69 Å². The molecule has 0 saturated carbocycles. The number of nitrogen functional groups attached to an aromatic ring is 1. The number of aromatic amines is 1. The Labute approximate surface area is 104 Å². The molecule has 6 nitrogen and oxygen atoms in total. The third-order valence-corrected chi connectivity index (χ3v) is 2.62. The van der Waals surface area contributed by atoms with Gasteiger partial charge in [-0.05, 0) is 12.1 Å². The SMILES string of the molecule is COCc1[nH]n(-c2ccccc2OC)c(=O)c1N. The minimum atomic E-state index is -0.313. The molecule has 0 aliphatic rings. The molecular formula is C12H15N3O3. The first-order valence-electron chi connectivity index (χ1n) is 5.40. The Morgan fingerprint density at radius 3 is 2.72 bits per heavy atom. The van der Waals surface area contributed by atoms with Crippen LogP contribution in [-0.4, -0.2) is 24.0 Å². The summed E-state index contributed by atoms with van der Waals surface area (Å²) in [5.74, 6) is 0.588. The number of nitrogens with two attached hydrogens (primary N) is 1. The molecule has 0 aliphatic heterocycles. The molecule has 0 saturated heterocycles. The van der Waals surface area contributed by atoms with Gasteiger partial charge in [0.25, 0.3) is 5.56 Å². The van der Waals surface area contributed by atoms with Crippen molar-refractivity contribution in [1.29, 1.82) is 0 Å². The smallest absolute Gasteiger partial charge is 0.294 e. The first kappa shape index (κ1) is 12.3. The van der Waals surface area contributed by atoms with Crippen LogP contribution in [0, 0.1) is 0 Å². The number of H-pyrrole nitrogens is 1. The summed E-state index contributed by atoms with van der Waals surface area (Å²) in [6.07, 6.45) is 0. The number of ether oxygens (including phenoxy) is 2. The number of hydrogen-bond donors (Lipinski definition) is 2. The number of hydrogen-bond acceptors (Lipinski definition) is 4. The number of aromatic nitrogens is 2. The van der Waals surface area contributed by atoms with Crippen molar-refractivity contribution in [2.75, 3.05) is 20.0 Å². The Balaban J connectivity index is 2.57. The van der Waals surface area contributed by atoms with Crippen LogP contribution < -0.4 is 16.0 Å². The van der Waals surface area contributed by atoms with E-state index in [9.17, 15) is 4.79 Å². The lowest BCUT2D eigenvalue weighted by Gasteiger charge is -2.07. The van der Waals surface area contributed by atoms with Crippen molar-refractivity contribution in [2.45, 2.75) is 6.61 Å². The molecule has 96 valence electrons. The molecule has 1 heterocycles. The quantitative estimate of drug-likeness (QED) is 0.843. The first-order valence-corrected chi connectivity index (χ1v) is 5.40. The maximum atomic E-state index is 12.0. The van der Waals surface area contributed by atoms with Crippen LogP contribution in [0.25, 0.3) is 5.69 Å². The van der Waals surface area contributed by atoms with E-state index in [0.29, 0.717) is 17.1 Å². The monoisotopic (exact) mass is 249 g/mol. The van der Waals surface area contributed by atoms with Gasteiger partial charge in [0.15, 0.2) is 0 Å². The molecule has 0 aliphatic carbocycles. The molecule has 0 spiro atoms. The van der Waals surface area contributed by atoms with Crippen molar-refractivity contribution in [1.82, 2.24) is 9.78 Å². The number of nitrogens with one attached hydrogen (secondary N) is 1. The molecule has 18 heavy (non-hydrogen) atoms. The maximum absolute atomic E-state index is 12.0. The zero-order valence-electron chi connectivity index (χ0n) is 10.3. The van der Waals surface area contributed by atoms with Crippen molar-refractivity contribution >= 4 is 5.69 Å². The van der Waals surface area contributed by atoms with Crippen molar-refractivity contribution in [2.24, 2.45) is 0 Å². The van der Waals surface area contributed by atoms with Gasteiger partial charge in [-0.2, -0.15) is 0 Å². The van der Waals surface area contributed by atoms with Gasteiger partial charge in [0.05, 0.1) is 19.4 Å². The fourth-order valence-electron chi connectivity index (χ4n) is 1.73. The Kier molecular flexibility index (Phi) is 3.38. The minimum absolute atomic E-state index is 0.155. The lowest BCUT2D eigenvalue weighted by atomic mass is 10.3. The van der Waals surface area contributed by atoms with Crippen LogP contribution in [-0.2, 0) is 11.3 Å². The second-order valence-electron chi connectivity index (χ2n) is 3.75. The van der Waals surface area contributed by atoms with E-state index >= 15 is 0 Å². The second-order valence-corrected chi connectivity index (χ2v) is 3.75. The molecule has 6 heteroatoms. The number of rotatable bonds is 4. The normalized spacial score (nSPS) is 10.6. The summed E-state index contributed by atoms with van der Waals surface area (Å²) in [6, 6.07) is 7.19. The molecule has 0 fully saturated rings. The van der Waals surface area contributed by atoms with Crippen LogP contribution in [0.3, 0.4) is 0 Å².